The van der Waals surface area contributed by atoms with Crippen LogP contribution in [0.25, 0.3) is 0 Å². The molecule has 0 saturated heterocycles. The molecule has 0 aliphatic heterocycles. The molecule has 74 valence electrons. The summed E-state index contributed by atoms with van der Waals surface area (Å²) in [4.78, 5) is 0. The number of nitrogens with zero attached hydrogens (tertiary/aromatic N) is 3. The molecule has 2 aliphatic carbocycles. The van der Waals surface area contributed by atoms with Gasteiger partial charge in [-0.05, 0) is 31.2 Å². The van der Waals surface area contributed by atoms with Crippen molar-refractivity contribution in [2.45, 2.75) is 25.3 Å². The van der Waals surface area contributed by atoms with Crippen molar-refractivity contribution >= 4 is 5.71 Å². The van der Waals surface area contributed by atoms with Crippen LogP contribution in [-0.2, 0) is 0 Å². The number of hydrogen-bond donors (Lipinski definition) is 1. The number of rotatable bonds is 1. The van der Waals surface area contributed by atoms with Crippen LogP contribution in [0.15, 0.2) is 23.6 Å². The highest BCUT2D eigenvalue weighted by Gasteiger charge is 2.46. The van der Waals surface area contributed by atoms with Gasteiger partial charge in [-0.1, -0.05) is 5.16 Å². The van der Waals surface area contributed by atoms with Crippen LogP contribution in [0, 0.1) is 11.8 Å². The Hall–Kier alpha value is -1.32. The van der Waals surface area contributed by atoms with Crippen LogP contribution in [0.4, 0.5) is 0 Å². The second-order valence-electron chi connectivity index (χ2n) is 4.23. The number of oxime groups is 1. The third-order valence-corrected chi connectivity index (χ3v) is 3.57. The minimum absolute atomic E-state index is 0.216. The van der Waals surface area contributed by atoms with E-state index in [4.69, 9.17) is 5.21 Å². The van der Waals surface area contributed by atoms with E-state index < -0.39 is 0 Å². The van der Waals surface area contributed by atoms with E-state index >= 15 is 0 Å². The molecule has 3 atom stereocenters. The zero-order valence-electron chi connectivity index (χ0n) is 7.87. The molecule has 1 aromatic heterocycles. The van der Waals surface area contributed by atoms with E-state index in [1.54, 1.807) is 6.20 Å². The van der Waals surface area contributed by atoms with Gasteiger partial charge in [0.2, 0.25) is 0 Å². The molecule has 3 rings (SSSR count). The fourth-order valence-electron chi connectivity index (χ4n) is 2.99. The Morgan fingerprint density at radius 3 is 3.14 bits per heavy atom. The van der Waals surface area contributed by atoms with Crippen molar-refractivity contribution in [2.24, 2.45) is 17.0 Å². The first kappa shape index (κ1) is 8.03. The lowest BCUT2D eigenvalue weighted by Gasteiger charge is -2.22. The van der Waals surface area contributed by atoms with Crippen molar-refractivity contribution in [3.8, 4) is 0 Å². The van der Waals surface area contributed by atoms with Gasteiger partial charge < -0.3 is 5.21 Å². The summed E-state index contributed by atoms with van der Waals surface area (Å²) in [5.41, 5.74) is 0.935. The third kappa shape index (κ3) is 0.937. The lowest BCUT2D eigenvalue weighted by Crippen LogP contribution is -2.26. The molecule has 0 radical (unpaired) electrons. The fraction of sp³-hybridized carbons (Fsp3) is 0.600. The average Bonchev–Trinajstić information content (AvgIpc) is 2.92. The molecule has 4 nitrogen and oxygen atoms in total. The first-order valence-electron chi connectivity index (χ1n) is 5.11. The highest BCUT2D eigenvalue weighted by atomic mass is 16.4. The third-order valence-electron chi connectivity index (χ3n) is 3.57. The van der Waals surface area contributed by atoms with Gasteiger partial charge in [0, 0.05) is 18.3 Å². The zero-order valence-corrected chi connectivity index (χ0v) is 7.87. The molecule has 4 heteroatoms. The molecule has 1 heterocycles. The van der Waals surface area contributed by atoms with Crippen LogP contribution in [-0.4, -0.2) is 20.7 Å². The highest BCUT2D eigenvalue weighted by Crippen LogP contribution is 2.48. The van der Waals surface area contributed by atoms with Gasteiger partial charge in [-0.25, -0.2) is 0 Å². The predicted octanol–water partition coefficient (Wildman–Crippen LogP) is 1.68. The highest BCUT2D eigenvalue weighted by molar-refractivity contribution is 5.93. The molecular formula is C10H13N3O. The summed E-state index contributed by atoms with van der Waals surface area (Å²) in [6.45, 7) is 0. The second-order valence-corrected chi connectivity index (χ2v) is 4.23. The average molecular weight is 191 g/mol. The van der Waals surface area contributed by atoms with Crippen molar-refractivity contribution < 1.29 is 5.21 Å². The van der Waals surface area contributed by atoms with Crippen LogP contribution in [0.1, 0.15) is 25.3 Å². The fourth-order valence-corrected chi connectivity index (χ4v) is 2.99. The van der Waals surface area contributed by atoms with E-state index in [-0.39, 0.29) is 6.04 Å². The lowest BCUT2D eigenvalue weighted by molar-refractivity contribution is 0.305. The van der Waals surface area contributed by atoms with Gasteiger partial charge in [-0.2, -0.15) is 5.10 Å². The quantitative estimate of drug-likeness (QED) is 0.542. The summed E-state index contributed by atoms with van der Waals surface area (Å²) in [7, 11) is 0. The van der Waals surface area contributed by atoms with Crippen LogP contribution in [0.3, 0.4) is 0 Å². The maximum Gasteiger partial charge on any atom is 0.0964 e. The number of hydrogen-bond acceptors (Lipinski definition) is 3. The Kier molecular flexibility index (Phi) is 1.63. The molecule has 2 aliphatic rings. The molecule has 2 saturated carbocycles. The van der Waals surface area contributed by atoms with E-state index in [1.165, 1.54) is 19.3 Å². The normalized spacial score (nSPS) is 38.3. The monoisotopic (exact) mass is 191 g/mol. The lowest BCUT2D eigenvalue weighted by atomic mass is 9.93. The molecule has 2 fully saturated rings. The minimum atomic E-state index is 0.216. The summed E-state index contributed by atoms with van der Waals surface area (Å²) >= 11 is 0. The summed E-state index contributed by atoms with van der Waals surface area (Å²) in [5.74, 6) is 1.13. The Labute approximate surface area is 82.2 Å². The van der Waals surface area contributed by atoms with E-state index in [0.29, 0.717) is 11.8 Å². The van der Waals surface area contributed by atoms with Gasteiger partial charge in [-0.15, -0.1) is 0 Å². The Morgan fingerprint density at radius 2 is 2.43 bits per heavy atom. The number of aromatic nitrogens is 2. The summed E-state index contributed by atoms with van der Waals surface area (Å²) in [6.07, 6.45) is 7.33. The maximum atomic E-state index is 9.00. The molecule has 0 spiro atoms. The molecule has 0 aromatic carbocycles. The first-order chi connectivity index (χ1) is 6.90. The van der Waals surface area contributed by atoms with Crippen molar-refractivity contribution in [1.82, 2.24) is 9.78 Å². The van der Waals surface area contributed by atoms with E-state index in [2.05, 4.69) is 10.3 Å². The van der Waals surface area contributed by atoms with Gasteiger partial charge in [0.05, 0.1) is 11.8 Å². The van der Waals surface area contributed by atoms with E-state index in [0.717, 1.165) is 5.71 Å². The van der Waals surface area contributed by atoms with Gasteiger partial charge in [-0.3, -0.25) is 4.68 Å². The SMILES string of the molecule is O/N=C1\[C@H]2CC[C@@H](C2)[C@H]1n1cccn1. The summed E-state index contributed by atoms with van der Waals surface area (Å²) in [5, 5.41) is 16.7. The van der Waals surface area contributed by atoms with E-state index in [1.807, 2.05) is 16.9 Å². The second kappa shape index (κ2) is 2.83. The van der Waals surface area contributed by atoms with Gasteiger partial charge in [0.25, 0.3) is 0 Å². The van der Waals surface area contributed by atoms with Crippen molar-refractivity contribution in [1.29, 1.82) is 0 Å². The zero-order chi connectivity index (χ0) is 9.54. The molecule has 1 N–H and O–H groups in total. The molecule has 2 bridgehead atoms. The van der Waals surface area contributed by atoms with Crippen LogP contribution < -0.4 is 0 Å². The summed E-state index contributed by atoms with van der Waals surface area (Å²) < 4.78 is 1.93. The maximum absolute atomic E-state index is 9.00. The molecule has 1 aromatic rings. The Balaban J connectivity index is 2.00. The summed E-state index contributed by atoms with van der Waals surface area (Å²) in [6, 6.07) is 2.13. The van der Waals surface area contributed by atoms with Crippen LogP contribution in [0.2, 0.25) is 0 Å². The Morgan fingerprint density at radius 1 is 1.50 bits per heavy atom. The predicted molar refractivity (Wildman–Crippen MR) is 51.3 cm³/mol. The molecule has 0 unspecified atom stereocenters. The molecule has 0 amide bonds. The molecular weight excluding hydrogens is 178 g/mol. The molecule has 14 heavy (non-hydrogen) atoms. The van der Waals surface area contributed by atoms with Crippen LogP contribution >= 0.6 is 0 Å². The minimum Gasteiger partial charge on any atom is -0.411 e. The van der Waals surface area contributed by atoms with Crippen molar-refractivity contribution in [3.05, 3.63) is 18.5 Å². The van der Waals surface area contributed by atoms with E-state index in [9.17, 15) is 0 Å². The van der Waals surface area contributed by atoms with Gasteiger partial charge in [0.15, 0.2) is 0 Å². The standard InChI is InChI=1S/C10H13N3O/c14-12-9-7-2-3-8(6-7)10(9)13-5-1-4-11-13/h1,4-5,7-8,10,14H,2-3,6H2/b12-9+/t7-,8-,10+/m0/s1. The largest absolute Gasteiger partial charge is 0.411 e. The Bertz CT molecular complexity index is 357. The van der Waals surface area contributed by atoms with Crippen molar-refractivity contribution in [2.75, 3.05) is 0 Å². The topological polar surface area (TPSA) is 50.4 Å². The smallest absolute Gasteiger partial charge is 0.0964 e. The van der Waals surface area contributed by atoms with Gasteiger partial charge in [0.1, 0.15) is 0 Å². The van der Waals surface area contributed by atoms with Crippen molar-refractivity contribution in [3.63, 3.8) is 0 Å². The first-order valence-corrected chi connectivity index (χ1v) is 5.11. The van der Waals surface area contributed by atoms with Crippen LogP contribution in [0.5, 0.6) is 0 Å². The van der Waals surface area contributed by atoms with Gasteiger partial charge >= 0.3 is 0 Å². The number of fused-ring (bicyclic) bond motifs is 2.